The molecule has 1 aromatic carbocycles. The van der Waals surface area contributed by atoms with Crippen LogP contribution in [0.3, 0.4) is 0 Å². The summed E-state index contributed by atoms with van der Waals surface area (Å²) < 4.78 is 25.2. The van der Waals surface area contributed by atoms with Gasteiger partial charge in [-0.3, -0.25) is 4.84 Å². The Labute approximate surface area is 97.0 Å². The molecule has 1 aromatic rings. The average Bonchev–Trinajstić information content (AvgIpc) is 2.17. The lowest BCUT2D eigenvalue weighted by Gasteiger charge is -2.13. The van der Waals surface area contributed by atoms with Crippen molar-refractivity contribution in [3.63, 3.8) is 0 Å². The number of nitrogens with zero attached hydrogens (tertiary/aromatic N) is 1. The minimum atomic E-state index is -3.50. The fourth-order valence-electron chi connectivity index (χ4n) is 0.853. The van der Waals surface area contributed by atoms with E-state index in [4.69, 9.17) is 0 Å². The van der Waals surface area contributed by atoms with Gasteiger partial charge in [0.05, 0.1) is 12.0 Å². The van der Waals surface area contributed by atoms with Crippen LogP contribution in [-0.2, 0) is 14.9 Å². The van der Waals surface area contributed by atoms with Crippen LogP contribution < -0.4 is 0 Å². The summed E-state index contributed by atoms with van der Waals surface area (Å²) in [6.45, 7) is 0. The maximum atomic E-state index is 11.7. The Morgan fingerprint density at radius 3 is 2.21 bits per heavy atom. The summed E-state index contributed by atoms with van der Waals surface area (Å²) in [4.78, 5) is 4.87. The fourth-order valence-corrected chi connectivity index (χ4v) is 2.19. The standard InChI is InChI=1S/C8H10INO3S/c1-10(13-2)14(11,12)8-5-3-7(9)4-6-8/h3-6H,1-2H3. The lowest BCUT2D eigenvalue weighted by molar-refractivity contribution is -0.0258. The topological polar surface area (TPSA) is 46.6 Å². The lowest BCUT2D eigenvalue weighted by atomic mass is 10.4. The highest BCUT2D eigenvalue weighted by atomic mass is 127. The second kappa shape index (κ2) is 4.56. The minimum absolute atomic E-state index is 0.224. The second-order valence-corrected chi connectivity index (χ2v) is 5.73. The normalized spacial score (nSPS) is 12.0. The van der Waals surface area contributed by atoms with Gasteiger partial charge in [0.1, 0.15) is 0 Å². The van der Waals surface area contributed by atoms with Crippen molar-refractivity contribution in [2.75, 3.05) is 14.2 Å². The van der Waals surface area contributed by atoms with Gasteiger partial charge >= 0.3 is 0 Å². The van der Waals surface area contributed by atoms with E-state index in [9.17, 15) is 8.42 Å². The van der Waals surface area contributed by atoms with Crippen molar-refractivity contribution in [3.05, 3.63) is 27.8 Å². The van der Waals surface area contributed by atoms with Crippen molar-refractivity contribution < 1.29 is 13.3 Å². The Balaban J connectivity index is 3.11. The molecule has 0 heterocycles. The Morgan fingerprint density at radius 2 is 1.79 bits per heavy atom. The monoisotopic (exact) mass is 327 g/mol. The summed E-state index contributed by atoms with van der Waals surface area (Å²) in [6.07, 6.45) is 0. The predicted octanol–water partition coefficient (Wildman–Crippen LogP) is 1.47. The maximum absolute atomic E-state index is 11.7. The van der Waals surface area contributed by atoms with Crippen LogP contribution in [0.15, 0.2) is 29.2 Å². The number of rotatable bonds is 3. The van der Waals surface area contributed by atoms with E-state index < -0.39 is 10.0 Å². The molecular weight excluding hydrogens is 317 g/mol. The average molecular weight is 327 g/mol. The summed E-state index contributed by atoms with van der Waals surface area (Å²) in [5.41, 5.74) is 0. The first kappa shape index (κ1) is 11.9. The first-order valence-electron chi connectivity index (χ1n) is 3.77. The number of hydrogen-bond acceptors (Lipinski definition) is 3. The van der Waals surface area contributed by atoms with E-state index in [1.165, 1.54) is 14.2 Å². The summed E-state index contributed by atoms with van der Waals surface area (Å²) in [5.74, 6) is 0. The number of hydrogen-bond donors (Lipinski definition) is 0. The second-order valence-electron chi connectivity index (χ2n) is 2.55. The third-order valence-corrected chi connectivity index (χ3v) is 4.12. The Kier molecular flexibility index (Phi) is 3.87. The number of halogens is 1. The third kappa shape index (κ3) is 2.44. The van der Waals surface area contributed by atoms with E-state index >= 15 is 0 Å². The van der Waals surface area contributed by atoms with Gasteiger partial charge in [-0.1, -0.05) is 4.47 Å². The van der Waals surface area contributed by atoms with Gasteiger partial charge in [-0.05, 0) is 46.9 Å². The highest BCUT2D eigenvalue weighted by molar-refractivity contribution is 14.1. The van der Waals surface area contributed by atoms with Crippen molar-refractivity contribution in [2.24, 2.45) is 0 Å². The van der Waals surface area contributed by atoms with Crippen LogP contribution >= 0.6 is 22.6 Å². The molecular formula is C8H10INO3S. The molecule has 1 rings (SSSR count). The van der Waals surface area contributed by atoms with E-state index in [2.05, 4.69) is 27.4 Å². The van der Waals surface area contributed by atoms with Gasteiger partial charge in [-0.15, -0.1) is 0 Å². The molecule has 0 aliphatic carbocycles. The van der Waals surface area contributed by atoms with Crippen LogP contribution in [0.1, 0.15) is 0 Å². The molecule has 0 aliphatic rings. The van der Waals surface area contributed by atoms with Gasteiger partial charge in [0, 0.05) is 10.6 Å². The molecule has 0 saturated carbocycles. The zero-order chi connectivity index (χ0) is 10.8. The van der Waals surface area contributed by atoms with E-state index in [1.807, 2.05) is 0 Å². The molecule has 0 saturated heterocycles. The molecule has 0 radical (unpaired) electrons. The summed E-state index contributed by atoms with van der Waals surface area (Å²) in [5, 5.41) is 0. The highest BCUT2D eigenvalue weighted by Crippen LogP contribution is 2.15. The molecule has 14 heavy (non-hydrogen) atoms. The van der Waals surface area contributed by atoms with Gasteiger partial charge in [0.15, 0.2) is 0 Å². The van der Waals surface area contributed by atoms with Crippen LogP contribution in [-0.4, -0.2) is 27.0 Å². The quantitative estimate of drug-likeness (QED) is 0.624. The summed E-state index contributed by atoms with van der Waals surface area (Å²) >= 11 is 2.11. The first-order chi connectivity index (χ1) is 6.48. The zero-order valence-electron chi connectivity index (χ0n) is 7.77. The molecule has 0 unspecified atom stereocenters. The molecule has 78 valence electrons. The Morgan fingerprint density at radius 1 is 1.29 bits per heavy atom. The smallest absolute Gasteiger partial charge is 0.264 e. The number of sulfonamides is 1. The van der Waals surface area contributed by atoms with Crippen LogP contribution in [0.2, 0.25) is 0 Å². The van der Waals surface area contributed by atoms with Gasteiger partial charge in [0.2, 0.25) is 0 Å². The molecule has 0 spiro atoms. The highest BCUT2D eigenvalue weighted by Gasteiger charge is 2.19. The number of benzene rings is 1. The van der Waals surface area contributed by atoms with E-state index in [0.29, 0.717) is 0 Å². The maximum Gasteiger partial charge on any atom is 0.264 e. The van der Waals surface area contributed by atoms with E-state index in [1.54, 1.807) is 24.3 Å². The molecule has 0 fully saturated rings. The van der Waals surface area contributed by atoms with Crippen LogP contribution in [0.4, 0.5) is 0 Å². The van der Waals surface area contributed by atoms with Crippen molar-refractivity contribution in [3.8, 4) is 0 Å². The van der Waals surface area contributed by atoms with Gasteiger partial charge < -0.3 is 0 Å². The van der Waals surface area contributed by atoms with Crippen molar-refractivity contribution in [1.82, 2.24) is 4.47 Å². The van der Waals surface area contributed by atoms with Gasteiger partial charge in [0.25, 0.3) is 10.0 Å². The van der Waals surface area contributed by atoms with Crippen LogP contribution in [0.5, 0.6) is 0 Å². The predicted molar refractivity (Wildman–Crippen MR) is 61.1 cm³/mol. The SMILES string of the molecule is CON(C)S(=O)(=O)c1ccc(I)cc1. The zero-order valence-corrected chi connectivity index (χ0v) is 10.7. The minimum Gasteiger partial charge on any atom is -0.288 e. The van der Waals surface area contributed by atoms with Gasteiger partial charge in [-0.2, -0.15) is 0 Å². The molecule has 0 amide bonds. The third-order valence-electron chi connectivity index (χ3n) is 1.71. The molecule has 0 aliphatic heterocycles. The van der Waals surface area contributed by atoms with Crippen LogP contribution in [0, 0.1) is 3.57 Å². The summed E-state index contributed by atoms with van der Waals surface area (Å²) in [7, 11) is -0.834. The van der Waals surface area contributed by atoms with E-state index in [0.717, 1.165) is 8.04 Å². The van der Waals surface area contributed by atoms with Crippen molar-refractivity contribution >= 4 is 32.6 Å². The Bertz CT molecular complexity index is 401. The lowest BCUT2D eigenvalue weighted by Crippen LogP contribution is -2.25. The number of hydroxylamine groups is 1. The molecule has 0 atom stereocenters. The van der Waals surface area contributed by atoms with Crippen molar-refractivity contribution in [1.29, 1.82) is 0 Å². The van der Waals surface area contributed by atoms with Crippen molar-refractivity contribution in [2.45, 2.75) is 4.90 Å². The molecule has 0 N–H and O–H groups in total. The molecule has 4 nitrogen and oxygen atoms in total. The molecule has 0 aromatic heterocycles. The largest absolute Gasteiger partial charge is 0.288 e. The Hall–Kier alpha value is -0.180. The summed E-state index contributed by atoms with van der Waals surface area (Å²) in [6, 6.07) is 6.56. The fraction of sp³-hybridized carbons (Fsp3) is 0.250. The van der Waals surface area contributed by atoms with Crippen LogP contribution in [0.25, 0.3) is 0 Å². The first-order valence-corrected chi connectivity index (χ1v) is 6.29. The van der Waals surface area contributed by atoms with Gasteiger partial charge in [-0.25, -0.2) is 8.42 Å². The van der Waals surface area contributed by atoms with E-state index in [-0.39, 0.29) is 4.90 Å². The molecule has 0 bridgehead atoms. The molecule has 6 heteroatoms.